The molecular formula is C20H31N3O3S2. The summed E-state index contributed by atoms with van der Waals surface area (Å²) in [4.78, 5) is 30.9. The number of anilines is 1. The summed E-state index contributed by atoms with van der Waals surface area (Å²) in [6.45, 7) is 0. The molecule has 0 aromatic carbocycles. The van der Waals surface area contributed by atoms with Gasteiger partial charge in [-0.15, -0.1) is 11.8 Å². The molecule has 0 bridgehead atoms. The molecule has 1 aromatic heterocycles. The molecule has 0 aliphatic heterocycles. The van der Waals surface area contributed by atoms with Crippen molar-refractivity contribution in [3.63, 3.8) is 0 Å². The molecule has 1 aromatic rings. The topological polar surface area (TPSA) is 71.5 Å². The smallest absolute Gasteiger partial charge is 0.324 e. The van der Waals surface area contributed by atoms with Crippen LogP contribution >= 0.6 is 23.1 Å². The third kappa shape index (κ3) is 6.11. The zero-order chi connectivity index (χ0) is 19.8. The van der Waals surface area contributed by atoms with E-state index >= 15 is 0 Å². The minimum atomic E-state index is -0.207. The lowest BCUT2D eigenvalue weighted by atomic mass is 9.89. The van der Waals surface area contributed by atoms with E-state index in [2.05, 4.69) is 19.9 Å². The quantitative estimate of drug-likeness (QED) is 0.474. The molecule has 8 heteroatoms. The molecule has 0 unspecified atom stereocenters. The second-order valence-corrected chi connectivity index (χ2v) is 10.0. The number of thioether (sulfide) groups is 1. The summed E-state index contributed by atoms with van der Waals surface area (Å²) in [7, 11) is 1.40. The molecule has 2 aliphatic rings. The second-order valence-electron chi connectivity index (χ2n) is 7.58. The lowest BCUT2D eigenvalue weighted by molar-refractivity contribution is -0.140. The Morgan fingerprint density at radius 3 is 2.32 bits per heavy atom. The number of hydrogen-bond acceptors (Lipinski definition) is 6. The highest BCUT2D eigenvalue weighted by Gasteiger charge is 2.32. The summed E-state index contributed by atoms with van der Waals surface area (Å²) in [6, 6.07) is 0.746. The first-order valence-electron chi connectivity index (χ1n) is 10.4. The van der Waals surface area contributed by atoms with Gasteiger partial charge in [-0.3, -0.25) is 10.1 Å². The van der Waals surface area contributed by atoms with Crippen LogP contribution in [-0.4, -0.2) is 46.8 Å². The molecule has 3 rings (SSSR count). The fourth-order valence-electron chi connectivity index (χ4n) is 4.23. The Bertz CT molecular complexity index is 622. The van der Waals surface area contributed by atoms with Gasteiger partial charge < -0.3 is 9.64 Å². The number of thiazole rings is 1. The number of esters is 1. The summed E-state index contributed by atoms with van der Waals surface area (Å²) in [6.07, 6.45) is 14.1. The van der Waals surface area contributed by atoms with Gasteiger partial charge in [0.25, 0.3) is 0 Å². The number of amides is 2. The van der Waals surface area contributed by atoms with Crippen LogP contribution < -0.4 is 5.32 Å². The van der Waals surface area contributed by atoms with Crippen LogP contribution in [0.4, 0.5) is 9.93 Å². The number of rotatable bonds is 7. The molecule has 0 spiro atoms. The fourth-order valence-corrected chi connectivity index (χ4v) is 6.08. The first-order chi connectivity index (χ1) is 13.7. The van der Waals surface area contributed by atoms with Gasteiger partial charge in [-0.25, -0.2) is 9.78 Å². The van der Waals surface area contributed by atoms with Crippen molar-refractivity contribution in [3.05, 3.63) is 6.20 Å². The van der Waals surface area contributed by atoms with E-state index in [1.54, 1.807) is 18.0 Å². The number of nitrogens with one attached hydrogen (secondary N) is 1. The first-order valence-corrected chi connectivity index (χ1v) is 12.2. The van der Waals surface area contributed by atoms with Crippen LogP contribution in [0, 0.1) is 0 Å². The molecule has 2 saturated carbocycles. The zero-order valence-corrected chi connectivity index (χ0v) is 18.3. The van der Waals surface area contributed by atoms with Crippen LogP contribution in [0.1, 0.15) is 70.6 Å². The molecule has 2 fully saturated rings. The van der Waals surface area contributed by atoms with E-state index in [1.807, 2.05) is 0 Å². The van der Waals surface area contributed by atoms with Crippen molar-refractivity contribution in [1.82, 2.24) is 9.88 Å². The maximum Gasteiger partial charge on any atom is 0.324 e. The highest BCUT2D eigenvalue weighted by Crippen LogP contribution is 2.32. The molecule has 1 N–H and O–H groups in total. The summed E-state index contributed by atoms with van der Waals surface area (Å²) >= 11 is 3.04. The highest BCUT2D eigenvalue weighted by atomic mass is 32.2. The Morgan fingerprint density at radius 1 is 1.14 bits per heavy atom. The summed E-state index contributed by atoms with van der Waals surface area (Å²) in [5.74, 6) is 0.444. The van der Waals surface area contributed by atoms with Crippen molar-refractivity contribution >= 4 is 40.2 Å². The molecule has 2 amide bonds. The third-order valence-electron chi connectivity index (χ3n) is 5.65. The number of hydrogen-bond donors (Lipinski definition) is 1. The fraction of sp³-hybridized carbons (Fsp3) is 0.750. The average molecular weight is 426 g/mol. The van der Waals surface area contributed by atoms with Gasteiger partial charge in [0.05, 0.1) is 23.9 Å². The molecule has 0 radical (unpaired) electrons. The van der Waals surface area contributed by atoms with Gasteiger partial charge in [0.1, 0.15) is 0 Å². The number of carbonyl (C=O) groups is 2. The molecule has 28 heavy (non-hydrogen) atoms. The Labute approximate surface area is 175 Å². The van der Waals surface area contributed by atoms with Gasteiger partial charge in [-0.1, -0.05) is 49.9 Å². The van der Waals surface area contributed by atoms with Crippen LogP contribution in [0.2, 0.25) is 0 Å². The van der Waals surface area contributed by atoms with Gasteiger partial charge in [0, 0.05) is 17.8 Å². The lowest BCUT2D eigenvalue weighted by Gasteiger charge is -2.41. The van der Waals surface area contributed by atoms with E-state index in [1.165, 1.54) is 57.0 Å². The number of ether oxygens (including phenoxy) is 1. The number of carbonyl (C=O) groups excluding carboxylic acids is 2. The van der Waals surface area contributed by atoms with Gasteiger partial charge >= 0.3 is 12.0 Å². The Morgan fingerprint density at radius 2 is 1.75 bits per heavy atom. The minimum Gasteiger partial charge on any atom is -0.469 e. The molecule has 1 heterocycles. The number of nitrogens with zero attached hydrogens (tertiary/aromatic N) is 2. The Hall–Kier alpha value is -1.28. The van der Waals surface area contributed by atoms with Gasteiger partial charge in [-0.05, 0) is 25.7 Å². The maximum atomic E-state index is 13.2. The normalized spacial score (nSPS) is 18.6. The van der Waals surface area contributed by atoms with Gasteiger partial charge in [0.2, 0.25) is 0 Å². The summed E-state index contributed by atoms with van der Waals surface area (Å²) in [5.41, 5.74) is 0. The Kier molecular flexibility index (Phi) is 8.45. The molecule has 0 atom stereocenters. The van der Waals surface area contributed by atoms with Gasteiger partial charge in [0.15, 0.2) is 5.13 Å². The molecule has 6 nitrogen and oxygen atoms in total. The Balaban J connectivity index is 1.59. The van der Waals surface area contributed by atoms with Crippen LogP contribution in [-0.2, 0) is 9.53 Å². The zero-order valence-electron chi connectivity index (χ0n) is 16.7. The van der Waals surface area contributed by atoms with Crippen LogP contribution in [0.15, 0.2) is 10.4 Å². The summed E-state index contributed by atoms with van der Waals surface area (Å²) in [5, 5.41) is 3.70. The van der Waals surface area contributed by atoms with Crippen molar-refractivity contribution < 1.29 is 14.3 Å². The van der Waals surface area contributed by atoms with E-state index in [4.69, 9.17) is 0 Å². The average Bonchev–Trinajstić information content (AvgIpc) is 3.16. The van der Waals surface area contributed by atoms with Crippen molar-refractivity contribution in [3.8, 4) is 0 Å². The van der Waals surface area contributed by atoms with Crippen LogP contribution in [0.25, 0.3) is 0 Å². The van der Waals surface area contributed by atoms with E-state index < -0.39 is 0 Å². The minimum absolute atomic E-state index is 0.0132. The van der Waals surface area contributed by atoms with Crippen molar-refractivity contribution in [2.45, 2.75) is 86.9 Å². The predicted molar refractivity (Wildman–Crippen MR) is 114 cm³/mol. The number of methoxy groups -OCH3 is 1. The third-order valence-corrected chi connectivity index (χ3v) is 7.76. The second kappa shape index (κ2) is 11.0. The number of aromatic nitrogens is 1. The van der Waals surface area contributed by atoms with Crippen molar-refractivity contribution in [1.29, 1.82) is 0 Å². The van der Waals surface area contributed by atoms with Crippen molar-refractivity contribution in [2.24, 2.45) is 0 Å². The van der Waals surface area contributed by atoms with E-state index in [9.17, 15) is 9.59 Å². The standard InChI is InChI=1S/C20H31N3O3S2/c1-26-17(24)12-13-27-18-14-21-19(28-18)22-20(25)23(15-8-4-2-5-9-15)16-10-6-3-7-11-16/h14-16H,2-13H2,1H3,(H,21,22,25). The van der Waals surface area contributed by atoms with Gasteiger partial charge in [-0.2, -0.15) is 0 Å². The first kappa shape index (κ1) is 21.4. The van der Waals surface area contributed by atoms with E-state index in [0.717, 1.165) is 29.9 Å². The van der Waals surface area contributed by atoms with E-state index in [-0.39, 0.29) is 12.0 Å². The molecular weight excluding hydrogens is 394 g/mol. The number of urea groups is 1. The summed E-state index contributed by atoms with van der Waals surface area (Å²) < 4.78 is 5.66. The van der Waals surface area contributed by atoms with Crippen LogP contribution in [0.3, 0.4) is 0 Å². The molecule has 2 aliphatic carbocycles. The van der Waals surface area contributed by atoms with E-state index in [0.29, 0.717) is 29.4 Å². The molecule has 0 saturated heterocycles. The van der Waals surface area contributed by atoms with Crippen LogP contribution in [0.5, 0.6) is 0 Å². The maximum absolute atomic E-state index is 13.2. The highest BCUT2D eigenvalue weighted by molar-refractivity contribution is 8.01. The largest absolute Gasteiger partial charge is 0.469 e. The SMILES string of the molecule is COC(=O)CCSc1cnc(NC(=O)N(C2CCCCC2)C2CCCCC2)s1. The predicted octanol–water partition coefficient (Wildman–Crippen LogP) is 5.30. The van der Waals surface area contributed by atoms with Crippen molar-refractivity contribution in [2.75, 3.05) is 18.2 Å². The molecule has 156 valence electrons. The lowest BCUT2D eigenvalue weighted by Crippen LogP contribution is -2.50. The monoisotopic (exact) mass is 425 g/mol.